The summed E-state index contributed by atoms with van der Waals surface area (Å²) in [6.07, 6.45) is 0.555. The van der Waals surface area contributed by atoms with Gasteiger partial charge in [0.2, 0.25) is 0 Å². The molecule has 18 heavy (non-hydrogen) atoms. The molecule has 0 unspecified atom stereocenters. The summed E-state index contributed by atoms with van der Waals surface area (Å²) in [6, 6.07) is 12.1. The SMILES string of the molecule is CCC(=O)c1ccc(-c2ccccc2COC)s1. The van der Waals surface area contributed by atoms with Gasteiger partial charge >= 0.3 is 0 Å². The summed E-state index contributed by atoms with van der Waals surface area (Å²) >= 11 is 1.55. The van der Waals surface area contributed by atoms with E-state index in [1.807, 2.05) is 31.2 Å². The van der Waals surface area contributed by atoms with E-state index in [1.165, 1.54) is 0 Å². The molecule has 2 nitrogen and oxygen atoms in total. The number of hydrogen-bond donors (Lipinski definition) is 0. The number of Topliss-reactive ketones (excluding diaryl/α,β-unsaturated/α-hetero) is 1. The van der Waals surface area contributed by atoms with Crippen molar-refractivity contribution < 1.29 is 9.53 Å². The predicted octanol–water partition coefficient (Wildman–Crippen LogP) is 4.15. The molecule has 1 aromatic carbocycles. The van der Waals surface area contributed by atoms with Gasteiger partial charge in [0.05, 0.1) is 11.5 Å². The van der Waals surface area contributed by atoms with Crippen molar-refractivity contribution in [2.75, 3.05) is 7.11 Å². The molecule has 0 saturated carbocycles. The maximum absolute atomic E-state index is 11.7. The molecule has 1 aromatic heterocycles. The lowest BCUT2D eigenvalue weighted by Crippen LogP contribution is -1.91. The van der Waals surface area contributed by atoms with Crippen LogP contribution in [0.4, 0.5) is 0 Å². The largest absolute Gasteiger partial charge is 0.380 e. The number of benzene rings is 1. The maximum Gasteiger partial charge on any atom is 0.172 e. The van der Waals surface area contributed by atoms with Crippen LogP contribution in [0.3, 0.4) is 0 Å². The third-order valence-electron chi connectivity index (χ3n) is 2.78. The van der Waals surface area contributed by atoms with Crippen LogP contribution in [0.15, 0.2) is 36.4 Å². The first-order valence-corrected chi connectivity index (χ1v) is 6.78. The van der Waals surface area contributed by atoms with Gasteiger partial charge in [0.15, 0.2) is 5.78 Å². The van der Waals surface area contributed by atoms with Crippen molar-refractivity contribution in [1.29, 1.82) is 0 Å². The quantitative estimate of drug-likeness (QED) is 0.755. The first-order chi connectivity index (χ1) is 8.76. The van der Waals surface area contributed by atoms with Gasteiger partial charge in [0, 0.05) is 18.4 Å². The highest BCUT2D eigenvalue weighted by atomic mass is 32.1. The Morgan fingerprint density at radius 3 is 2.72 bits per heavy atom. The molecule has 0 fully saturated rings. The van der Waals surface area contributed by atoms with Gasteiger partial charge in [-0.05, 0) is 23.3 Å². The van der Waals surface area contributed by atoms with Crippen LogP contribution in [0, 0.1) is 0 Å². The van der Waals surface area contributed by atoms with E-state index >= 15 is 0 Å². The molecule has 0 amide bonds. The molecule has 0 aliphatic carbocycles. The Kier molecular flexibility index (Phi) is 4.28. The van der Waals surface area contributed by atoms with Gasteiger partial charge < -0.3 is 4.74 Å². The summed E-state index contributed by atoms with van der Waals surface area (Å²) < 4.78 is 5.20. The van der Waals surface area contributed by atoms with Gasteiger partial charge in [0.25, 0.3) is 0 Å². The number of methoxy groups -OCH3 is 1. The van der Waals surface area contributed by atoms with Gasteiger partial charge in [-0.2, -0.15) is 0 Å². The third-order valence-corrected chi connectivity index (χ3v) is 3.94. The lowest BCUT2D eigenvalue weighted by molar-refractivity contribution is 0.0992. The topological polar surface area (TPSA) is 26.3 Å². The van der Waals surface area contributed by atoms with E-state index in [1.54, 1.807) is 18.4 Å². The fourth-order valence-corrected chi connectivity index (χ4v) is 2.93. The molecule has 1 heterocycles. The summed E-state index contributed by atoms with van der Waals surface area (Å²) in [6.45, 7) is 2.48. The molecule has 0 aliphatic rings. The molecular weight excluding hydrogens is 244 g/mol. The van der Waals surface area contributed by atoms with Crippen LogP contribution in [0.25, 0.3) is 10.4 Å². The van der Waals surface area contributed by atoms with E-state index in [0.717, 1.165) is 20.9 Å². The van der Waals surface area contributed by atoms with E-state index in [4.69, 9.17) is 4.74 Å². The highest BCUT2D eigenvalue weighted by molar-refractivity contribution is 7.17. The van der Waals surface area contributed by atoms with Crippen molar-refractivity contribution in [3.63, 3.8) is 0 Å². The molecule has 0 N–H and O–H groups in total. The molecule has 2 rings (SSSR count). The van der Waals surface area contributed by atoms with Crippen molar-refractivity contribution in [3.05, 3.63) is 46.8 Å². The number of ketones is 1. The molecule has 0 radical (unpaired) electrons. The molecule has 0 saturated heterocycles. The van der Waals surface area contributed by atoms with Crippen LogP contribution in [0.1, 0.15) is 28.6 Å². The van der Waals surface area contributed by atoms with Crippen LogP contribution < -0.4 is 0 Å². The Bertz CT molecular complexity index is 543. The Labute approximate surface area is 111 Å². The minimum absolute atomic E-state index is 0.204. The number of carbonyl (C=O) groups is 1. The molecule has 3 heteroatoms. The Hall–Kier alpha value is -1.45. The van der Waals surface area contributed by atoms with Gasteiger partial charge in [-0.1, -0.05) is 31.2 Å². The van der Waals surface area contributed by atoms with Gasteiger partial charge in [-0.15, -0.1) is 11.3 Å². The lowest BCUT2D eigenvalue weighted by atomic mass is 10.1. The molecule has 0 bridgehead atoms. The van der Waals surface area contributed by atoms with Crippen LogP contribution in [0.5, 0.6) is 0 Å². The zero-order valence-corrected chi connectivity index (χ0v) is 11.4. The molecule has 0 atom stereocenters. The second-order valence-electron chi connectivity index (χ2n) is 4.03. The number of hydrogen-bond acceptors (Lipinski definition) is 3. The summed E-state index contributed by atoms with van der Waals surface area (Å²) in [5, 5.41) is 0. The van der Waals surface area contributed by atoms with Crippen LogP contribution in [0.2, 0.25) is 0 Å². The van der Waals surface area contributed by atoms with E-state index in [-0.39, 0.29) is 5.78 Å². The zero-order valence-electron chi connectivity index (χ0n) is 10.6. The number of ether oxygens (including phenoxy) is 1. The average molecular weight is 260 g/mol. The molecule has 2 aromatic rings. The van der Waals surface area contributed by atoms with Crippen LogP contribution in [-0.4, -0.2) is 12.9 Å². The highest BCUT2D eigenvalue weighted by Crippen LogP contribution is 2.31. The fraction of sp³-hybridized carbons (Fsp3) is 0.267. The molecule has 0 aliphatic heterocycles. The second kappa shape index (κ2) is 5.94. The summed E-state index contributed by atoms with van der Waals surface area (Å²) in [5.74, 6) is 0.204. The van der Waals surface area contributed by atoms with E-state index < -0.39 is 0 Å². The van der Waals surface area contributed by atoms with E-state index in [9.17, 15) is 4.79 Å². The standard InChI is InChI=1S/C15H16O2S/c1-3-13(16)15-9-8-14(18-15)12-7-5-4-6-11(12)10-17-2/h4-9H,3,10H2,1-2H3. The zero-order chi connectivity index (χ0) is 13.0. The van der Waals surface area contributed by atoms with Crippen molar-refractivity contribution in [2.45, 2.75) is 20.0 Å². The summed E-state index contributed by atoms with van der Waals surface area (Å²) in [7, 11) is 1.69. The fourth-order valence-electron chi connectivity index (χ4n) is 1.85. The average Bonchev–Trinajstić information content (AvgIpc) is 2.88. The first-order valence-electron chi connectivity index (χ1n) is 5.96. The van der Waals surface area contributed by atoms with Crippen molar-refractivity contribution in [2.24, 2.45) is 0 Å². The monoisotopic (exact) mass is 260 g/mol. The summed E-state index contributed by atoms with van der Waals surface area (Å²) in [4.78, 5) is 13.6. The number of rotatable bonds is 5. The molecule has 0 spiro atoms. The number of carbonyl (C=O) groups excluding carboxylic acids is 1. The third kappa shape index (κ3) is 2.68. The van der Waals surface area contributed by atoms with Gasteiger partial charge in [0.1, 0.15) is 0 Å². The van der Waals surface area contributed by atoms with Crippen molar-refractivity contribution in [1.82, 2.24) is 0 Å². The number of thiophene rings is 1. The second-order valence-corrected chi connectivity index (χ2v) is 5.11. The van der Waals surface area contributed by atoms with Gasteiger partial charge in [-0.3, -0.25) is 4.79 Å². The normalized spacial score (nSPS) is 10.6. The van der Waals surface area contributed by atoms with Crippen molar-refractivity contribution in [3.8, 4) is 10.4 Å². The Morgan fingerprint density at radius 2 is 2.00 bits per heavy atom. The highest BCUT2D eigenvalue weighted by Gasteiger charge is 2.10. The lowest BCUT2D eigenvalue weighted by Gasteiger charge is -2.06. The predicted molar refractivity (Wildman–Crippen MR) is 75.1 cm³/mol. The van der Waals surface area contributed by atoms with Crippen LogP contribution >= 0.6 is 11.3 Å². The van der Waals surface area contributed by atoms with Crippen LogP contribution in [-0.2, 0) is 11.3 Å². The van der Waals surface area contributed by atoms with Gasteiger partial charge in [-0.25, -0.2) is 0 Å². The summed E-state index contributed by atoms with van der Waals surface area (Å²) in [5.41, 5.74) is 2.30. The van der Waals surface area contributed by atoms with E-state index in [0.29, 0.717) is 13.0 Å². The minimum Gasteiger partial charge on any atom is -0.380 e. The Balaban J connectivity index is 2.36. The molecular formula is C15H16O2S. The Morgan fingerprint density at radius 1 is 1.22 bits per heavy atom. The van der Waals surface area contributed by atoms with E-state index in [2.05, 4.69) is 12.1 Å². The molecule has 94 valence electrons. The minimum atomic E-state index is 0.204. The van der Waals surface area contributed by atoms with Crippen molar-refractivity contribution >= 4 is 17.1 Å². The maximum atomic E-state index is 11.7. The smallest absolute Gasteiger partial charge is 0.172 e. The first kappa shape index (κ1) is 13.0.